The number of imidazole rings is 1. The van der Waals surface area contributed by atoms with E-state index in [9.17, 15) is 9.59 Å². The van der Waals surface area contributed by atoms with Crippen molar-refractivity contribution < 1.29 is 9.47 Å². The Kier molecular flexibility index (Phi) is 5.49. The Bertz CT molecular complexity index is 1880. The summed E-state index contributed by atoms with van der Waals surface area (Å²) in [6.45, 7) is 0.387. The van der Waals surface area contributed by atoms with Crippen molar-refractivity contribution in [1.29, 1.82) is 0 Å². The number of pyridine rings is 1. The Morgan fingerprint density at radius 2 is 1.32 bits per heavy atom. The van der Waals surface area contributed by atoms with Crippen molar-refractivity contribution in [3.8, 4) is 11.5 Å². The van der Waals surface area contributed by atoms with Gasteiger partial charge in [0.25, 0.3) is 5.56 Å². The molecule has 0 aliphatic carbocycles. The van der Waals surface area contributed by atoms with Crippen molar-refractivity contribution in [2.24, 2.45) is 0 Å². The summed E-state index contributed by atoms with van der Waals surface area (Å²) >= 11 is 0. The number of aromatic nitrogens is 4. The molecule has 0 N–H and O–H groups in total. The van der Waals surface area contributed by atoms with E-state index in [-0.39, 0.29) is 18.6 Å². The van der Waals surface area contributed by atoms with Gasteiger partial charge in [-0.05, 0) is 46.8 Å². The van der Waals surface area contributed by atoms with E-state index in [2.05, 4.69) is 0 Å². The van der Waals surface area contributed by atoms with Gasteiger partial charge in [-0.15, -0.1) is 0 Å². The highest BCUT2D eigenvalue weighted by Crippen LogP contribution is 2.23. The minimum atomic E-state index is -0.422. The summed E-state index contributed by atoms with van der Waals surface area (Å²) in [6, 6.07) is 24.7. The molecule has 0 bridgehead atoms. The van der Waals surface area contributed by atoms with Crippen molar-refractivity contribution >= 4 is 27.6 Å². The lowest BCUT2D eigenvalue weighted by Gasteiger charge is -2.13. The zero-order chi connectivity index (χ0) is 25.5. The van der Waals surface area contributed by atoms with Gasteiger partial charge in [0.05, 0.1) is 27.3 Å². The SMILES string of the molecule is COc1ccc(Cn2c(=O)c3nc4c5ccccc5ccn4c3n(Cc3ccc(OC)cc3)c2=O)cc1. The van der Waals surface area contributed by atoms with Crippen LogP contribution in [-0.2, 0) is 13.1 Å². The topological polar surface area (TPSA) is 79.8 Å². The van der Waals surface area contributed by atoms with Gasteiger partial charge in [-0.2, -0.15) is 0 Å². The molecule has 0 aliphatic heterocycles. The maximum atomic E-state index is 13.9. The molecule has 0 spiro atoms. The summed E-state index contributed by atoms with van der Waals surface area (Å²) in [4.78, 5) is 32.4. The van der Waals surface area contributed by atoms with Crippen LogP contribution in [0.15, 0.2) is 94.6 Å². The maximum Gasteiger partial charge on any atom is 0.333 e. The Morgan fingerprint density at radius 1 is 0.730 bits per heavy atom. The van der Waals surface area contributed by atoms with Gasteiger partial charge in [-0.3, -0.25) is 18.3 Å². The van der Waals surface area contributed by atoms with Gasteiger partial charge in [-0.25, -0.2) is 9.78 Å². The summed E-state index contributed by atoms with van der Waals surface area (Å²) in [5.74, 6) is 1.43. The number of methoxy groups -OCH3 is 2. The fourth-order valence-electron chi connectivity index (χ4n) is 4.72. The first-order valence-electron chi connectivity index (χ1n) is 11.9. The zero-order valence-electron chi connectivity index (χ0n) is 20.4. The summed E-state index contributed by atoms with van der Waals surface area (Å²) < 4.78 is 15.2. The molecule has 0 saturated carbocycles. The molecule has 8 heteroatoms. The number of nitrogens with zero attached hydrogens (tertiary/aromatic N) is 4. The number of hydrogen-bond acceptors (Lipinski definition) is 5. The number of benzene rings is 3. The Hall–Kier alpha value is -4.85. The number of fused-ring (bicyclic) bond motifs is 5. The average molecular weight is 493 g/mol. The van der Waals surface area contributed by atoms with Crippen molar-refractivity contribution in [3.63, 3.8) is 0 Å². The predicted molar refractivity (Wildman–Crippen MR) is 143 cm³/mol. The van der Waals surface area contributed by atoms with Gasteiger partial charge in [0.2, 0.25) is 0 Å². The van der Waals surface area contributed by atoms with Crippen LogP contribution in [0.4, 0.5) is 0 Å². The first-order valence-corrected chi connectivity index (χ1v) is 11.9. The van der Waals surface area contributed by atoms with E-state index in [1.54, 1.807) is 18.8 Å². The largest absolute Gasteiger partial charge is 0.497 e. The molecule has 0 fully saturated rings. The molecule has 3 aromatic carbocycles. The average Bonchev–Trinajstić information content (AvgIpc) is 3.34. The van der Waals surface area contributed by atoms with Crippen LogP contribution < -0.4 is 20.7 Å². The predicted octanol–water partition coefficient (Wildman–Crippen LogP) is 4.08. The minimum absolute atomic E-state index is 0.120. The van der Waals surface area contributed by atoms with Gasteiger partial charge < -0.3 is 9.47 Å². The van der Waals surface area contributed by atoms with E-state index >= 15 is 0 Å². The molecule has 0 atom stereocenters. The second kappa shape index (κ2) is 8.98. The molecule has 37 heavy (non-hydrogen) atoms. The van der Waals surface area contributed by atoms with Crippen LogP contribution in [0, 0.1) is 0 Å². The molecule has 8 nitrogen and oxygen atoms in total. The van der Waals surface area contributed by atoms with Crippen molar-refractivity contribution in [2.75, 3.05) is 14.2 Å². The Labute approximate surface area is 211 Å². The molecule has 0 amide bonds. The van der Waals surface area contributed by atoms with E-state index in [0.717, 1.165) is 27.6 Å². The van der Waals surface area contributed by atoms with Gasteiger partial charge in [0, 0.05) is 11.6 Å². The van der Waals surface area contributed by atoms with E-state index in [1.165, 1.54) is 4.57 Å². The molecule has 3 heterocycles. The fourth-order valence-corrected chi connectivity index (χ4v) is 4.72. The van der Waals surface area contributed by atoms with Gasteiger partial charge in [0.1, 0.15) is 17.1 Å². The smallest absolute Gasteiger partial charge is 0.333 e. The fraction of sp³-hybridized carbons (Fsp3) is 0.138. The third-order valence-electron chi connectivity index (χ3n) is 6.66. The van der Waals surface area contributed by atoms with Crippen LogP contribution in [0.25, 0.3) is 27.6 Å². The summed E-state index contributed by atoms with van der Waals surface area (Å²) in [5.41, 5.74) is 2.23. The standard InChI is InChI=1S/C29H24N4O4/c1-36-22-11-7-19(8-12-22)17-32-27-25(30-26-24-6-4-3-5-21(24)15-16-31(26)27)28(34)33(29(32)35)18-20-9-13-23(37-2)14-10-20/h3-16H,17-18H2,1-2H3. The van der Waals surface area contributed by atoms with Gasteiger partial charge >= 0.3 is 5.69 Å². The van der Waals surface area contributed by atoms with Crippen LogP contribution in [0.2, 0.25) is 0 Å². The second-order valence-electron chi connectivity index (χ2n) is 8.84. The quantitative estimate of drug-likeness (QED) is 0.350. The third-order valence-corrected chi connectivity index (χ3v) is 6.66. The first kappa shape index (κ1) is 22.6. The van der Waals surface area contributed by atoms with Crippen LogP contribution in [0.5, 0.6) is 11.5 Å². The van der Waals surface area contributed by atoms with E-state index < -0.39 is 11.2 Å². The Balaban J connectivity index is 1.61. The van der Waals surface area contributed by atoms with Crippen molar-refractivity contribution in [1.82, 2.24) is 18.5 Å². The monoisotopic (exact) mass is 492 g/mol. The van der Waals surface area contributed by atoms with Crippen molar-refractivity contribution in [2.45, 2.75) is 13.1 Å². The summed E-state index contributed by atoms with van der Waals surface area (Å²) in [6.07, 6.45) is 1.87. The molecule has 0 unspecified atom stereocenters. The van der Waals surface area contributed by atoms with Crippen LogP contribution >= 0.6 is 0 Å². The maximum absolute atomic E-state index is 13.9. The summed E-state index contributed by atoms with van der Waals surface area (Å²) in [7, 11) is 3.21. The number of rotatable bonds is 6. The van der Waals surface area contributed by atoms with Crippen LogP contribution in [0.1, 0.15) is 11.1 Å². The number of ether oxygens (including phenoxy) is 2. The first-order chi connectivity index (χ1) is 18.1. The van der Waals surface area contributed by atoms with Crippen molar-refractivity contribution in [3.05, 3.63) is 117 Å². The third kappa shape index (κ3) is 3.83. The molecule has 0 saturated heterocycles. The van der Waals surface area contributed by atoms with Crippen LogP contribution in [0.3, 0.4) is 0 Å². The Morgan fingerprint density at radius 3 is 1.95 bits per heavy atom. The highest BCUT2D eigenvalue weighted by atomic mass is 16.5. The van der Waals surface area contributed by atoms with Crippen LogP contribution in [-0.4, -0.2) is 32.7 Å². The van der Waals surface area contributed by atoms with E-state index in [1.807, 2.05) is 89.5 Å². The van der Waals surface area contributed by atoms with E-state index in [4.69, 9.17) is 14.5 Å². The highest BCUT2D eigenvalue weighted by Gasteiger charge is 2.20. The summed E-state index contributed by atoms with van der Waals surface area (Å²) in [5, 5.41) is 1.92. The minimum Gasteiger partial charge on any atom is -0.497 e. The second-order valence-corrected chi connectivity index (χ2v) is 8.84. The molecule has 6 rings (SSSR count). The molecular weight excluding hydrogens is 468 g/mol. The molecule has 0 aliphatic rings. The van der Waals surface area contributed by atoms with E-state index in [0.29, 0.717) is 17.0 Å². The van der Waals surface area contributed by atoms with Gasteiger partial charge in [-0.1, -0.05) is 48.5 Å². The lowest BCUT2D eigenvalue weighted by atomic mass is 10.2. The zero-order valence-corrected chi connectivity index (χ0v) is 20.4. The molecule has 0 radical (unpaired) electrons. The van der Waals surface area contributed by atoms with Gasteiger partial charge in [0.15, 0.2) is 11.2 Å². The molecule has 3 aromatic heterocycles. The molecular formula is C29H24N4O4. The highest BCUT2D eigenvalue weighted by molar-refractivity contribution is 5.97. The molecule has 184 valence electrons. The normalized spacial score (nSPS) is 11.4. The number of hydrogen-bond donors (Lipinski definition) is 0. The molecule has 6 aromatic rings. The lowest BCUT2D eigenvalue weighted by molar-refractivity contribution is 0.414. The lowest BCUT2D eigenvalue weighted by Crippen LogP contribution is -2.40.